The predicted molar refractivity (Wildman–Crippen MR) is 96.1 cm³/mol. The Morgan fingerprint density at radius 3 is 2.64 bits per heavy atom. The number of nitrogens with one attached hydrogen (secondary N) is 2. The molecule has 0 fully saturated rings. The van der Waals surface area contributed by atoms with Crippen molar-refractivity contribution in [3.05, 3.63) is 24.5 Å². The van der Waals surface area contributed by atoms with Crippen LogP contribution in [0, 0.1) is 0 Å². The van der Waals surface area contributed by atoms with Crippen molar-refractivity contribution < 1.29 is 9.59 Å². The van der Waals surface area contributed by atoms with Gasteiger partial charge in [-0.15, -0.1) is 10.2 Å². The minimum absolute atomic E-state index is 0.0929. The molecule has 9 heteroatoms. The van der Waals surface area contributed by atoms with E-state index < -0.39 is 6.03 Å². The van der Waals surface area contributed by atoms with E-state index in [9.17, 15) is 9.59 Å². The van der Waals surface area contributed by atoms with E-state index in [2.05, 4.69) is 25.8 Å². The van der Waals surface area contributed by atoms with Crippen molar-refractivity contribution in [3.63, 3.8) is 0 Å². The second-order valence-electron chi connectivity index (χ2n) is 5.23. The summed E-state index contributed by atoms with van der Waals surface area (Å²) in [6.07, 6.45) is 5.26. The summed E-state index contributed by atoms with van der Waals surface area (Å²) in [5, 5.41) is 13.9. The molecule has 0 aliphatic heterocycles. The molecule has 3 amide bonds. The second-order valence-corrected chi connectivity index (χ2v) is 6.18. The van der Waals surface area contributed by atoms with Gasteiger partial charge in [0.1, 0.15) is 0 Å². The van der Waals surface area contributed by atoms with E-state index in [4.69, 9.17) is 0 Å². The largest absolute Gasteiger partial charge is 0.338 e. The molecule has 2 N–H and O–H groups in total. The second kappa shape index (κ2) is 9.77. The molecular formula is C16H22N6O2S. The Morgan fingerprint density at radius 1 is 1.20 bits per heavy atom. The number of nitrogens with zero attached hydrogens (tertiary/aromatic N) is 4. The number of amides is 3. The van der Waals surface area contributed by atoms with E-state index in [0.717, 1.165) is 24.2 Å². The third-order valence-corrected chi connectivity index (χ3v) is 4.34. The molecule has 0 bridgehead atoms. The first-order valence-corrected chi connectivity index (χ1v) is 9.18. The van der Waals surface area contributed by atoms with Crippen LogP contribution in [0.2, 0.25) is 0 Å². The highest BCUT2D eigenvalue weighted by atomic mass is 32.2. The number of pyridine rings is 1. The fraction of sp³-hybridized carbons (Fsp3) is 0.438. The SMILES string of the molecule is CCCCNC(=O)NC(=O)CSc1nnc(-c2ccncc2)n1CC. The quantitative estimate of drug-likeness (QED) is 0.551. The van der Waals surface area contributed by atoms with E-state index in [1.165, 1.54) is 11.8 Å². The number of unbranched alkanes of at least 4 members (excludes halogenated alkanes) is 1. The Hall–Kier alpha value is -2.42. The van der Waals surface area contributed by atoms with E-state index in [-0.39, 0.29) is 11.7 Å². The van der Waals surface area contributed by atoms with Crippen molar-refractivity contribution in [2.75, 3.05) is 12.3 Å². The summed E-state index contributed by atoms with van der Waals surface area (Å²) in [6.45, 7) is 5.25. The minimum Gasteiger partial charge on any atom is -0.338 e. The van der Waals surface area contributed by atoms with E-state index in [0.29, 0.717) is 18.2 Å². The van der Waals surface area contributed by atoms with Crippen LogP contribution in [-0.2, 0) is 11.3 Å². The van der Waals surface area contributed by atoms with Gasteiger partial charge >= 0.3 is 6.03 Å². The first kappa shape index (κ1) is 18.9. The number of carbonyl (C=O) groups excluding carboxylic acids is 2. The number of thioether (sulfide) groups is 1. The van der Waals surface area contributed by atoms with Gasteiger partial charge in [-0.05, 0) is 25.5 Å². The molecule has 0 aliphatic carbocycles. The maximum Gasteiger partial charge on any atom is 0.321 e. The van der Waals surface area contributed by atoms with Crippen LogP contribution in [0.3, 0.4) is 0 Å². The molecule has 25 heavy (non-hydrogen) atoms. The Kier molecular flexibility index (Phi) is 7.39. The topological polar surface area (TPSA) is 102 Å². The van der Waals surface area contributed by atoms with Crippen LogP contribution in [0.5, 0.6) is 0 Å². The Morgan fingerprint density at radius 2 is 1.96 bits per heavy atom. The maximum absolute atomic E-state index is 11.9. The van der Waals surface area contributed by atoms with E-state index in [1.807, 2.05) is 30.5 Å². The van der Waals surface area contributed by atoms with Crippen LogP contribution in [-0.4, -0.2) is 44.0 Å². The van der Waals surface area contributed by atoms with Gasteiger partial charge in [-0.1, -0.05) is 25.1 Å². The van der Waals surface area contributed by atoms with Gasteiger partial charge in [0.25, 0.3) is 0 Å². The summed E-state index contributed by atoms with van der Waals surface area (Å²) in [7, 11) is 0. The molecule has 0 atom stereocenters. The molecule has 2 heterocycles. The Balaban J connectivity index is 1.92. The van der Waals surface area contributed by atoms with Crippen LogP contribution in [0.25, 0.3) is 11.4 Å². The fourth-order valence-corrected chi connectivity index (χ4v) is 2.91. The van der Waals surface area contributed by atoms with Crippen molar-refractivity contribution in [2.45, 2.75) is 38.4 Å². The number of urea groups is 1. The summed E-state index contributed by atoms with van der Waals surface area (Å²) in [6, 6.07) is 3.25. The normalized spacial score (nSPS) is 10.5. The maximum atomic E-state index is 11.9. The van der Waals surface area contributed by atoms with Crippen LogP contribution < -0.4 is 10.6 Å². The van der Waals surface area contributed by atoms with Crippen molar-refractivity contribution in [3.8, 4) is 11.4 Å². The molecule has 0 saturated heterocycles. The summed E-state index contributed by atoms with van der Waals surface area (Å²) in [4.78, 5) is 27.4. The predicted octanol–water partition coefficient (Wildman–Crippen LogP) is 2.08. The van der Waals surface area contributed by atoms with Gasteiger partial charge in [-0.25, -0.2) is 4.79 Å². The highest BCUT2D eigenvalue weighted by Gasteiger charge is 2.15. The lowest BCUT2D eigenvalue weighted by atomic mass is 10.2. The van der Waals surface area contributed by atoms with Crippen LogP contribution in [0.4, 0.5) is 4.79 Å². The molecule has 0 spiro atoms. The summed E-state index contributed by atoms with van der Waals surface area (Å²) >= 11 is 1.25. The van der Waals surface area contributed by atoms with Crippen LogP contribution in [0.1, 0.15) is 26.7 Å². The fourth-order valence-electron chi connectivity index (χ4n) is 2.11. The number of rotatable bonds is 8. The number of carbonyl (C=O) groups is 2. The highest BCUT2D eigenvalue weighted by molar-refractivity contribution is 7.99. The van der Waals surface area contributed by atoms with Gasteiger partial charge in [0, 0.05) is 31.0 Å². The monoisotopic (exact) mass is 362 g/mol. The lowest BCUT2D eigenvalue weighted by molar-refractivity contribution is -0.117. The van der Waals surface area contributed by atoms with Crippen LogP contribution >= 0.6 is 11.8 Å². The van der Waals surface area contributed by atoms with Crippen molar-refractivity contribution >= 4 is 23.7 Å². The summed E-state index contributed by atoms with van der Waals surface area (Å²) < 4.78 is 1.93. The molecule has 2 aromatic heterocycles. The summed E-state index contributed by atoms with van der Waals surface area (Å²) in [5.41, 5.74) is 0.913. The number of imide groups is 1. The average molecular weight is 362 g/mol. The number of hydrogen-bond donors (Lipinski definition) is 2. The molecule has 2 aromatic rings. The molecule has 0 unspecified atom stereocenters. The molecule has 0 aliphatic rings. The molecular weight excluding hydrogens is 340 g/mol. The van der Waals surface area contributed by atoms with Gasteiger partial charge in [0.05, 0.1) is 5.75 Å². The Labute approximate surface area is 150 Å². The first-order valence-electron chi connectivity index (χ1n) is 8.19. The van der Waals surface area contributed by atoms with Crippen molar-refractivity contribution in [1.82, 2.24) is 30.4 Å². The third-order valence-electron chi connectivity index (χ3n) is 3.37. The zero-order valence-corrected chi connectivity index (χ0v) is 15.2. The lowest BCUT2D eigenvalue weighted by Gasteiger charge is -2.08. The molecule has 0 radical (unpaired) electrons. The third kappa shape index (κ3) is 5.56. The number of hydrogen-bond acceptors (Lipinski definition) is 6. The van der Waals surface area contributed by atoms with Gasteiger partial charge in [0.2, 0.25) is 5.91 Å². The van der Waals surface area contributed by atoms with Gasteiger partial charge in [-0.3, -0.25) is 15.1 Å². The van der Waals surface area contributed by atoms with Crippen LogP contribution in [0.15, 0.2) is 29.7 Å². The van der Waals surface area contributed by atoms with E-state index in [1.54, 1.807) is 12.4 Å². The Bertz CT molecular complexity index is 704. The van der Waals surface area contributed by atoms with Gasteiger partial charge in [0.15, 0.2) is 11.0 Å². The lowest BCUT2D eigenvalue weighted by Crippen LogP contribution is -2.40. The highest BCUT2D eigenvalue weighted by Crippen LogP contribution is 2.23. The zero-order chi connectivity index (χ0) is 18.1. The van der Waals surface area contributed by atoms with Crippen molar-refractivity contribution in [1.29, 1.82) is 0 Å². The minimum atomic E-state index is -0.464. The summed E-state index contributed by atoms with van der Waals surface area (Å²) in [5.74, 6) is 0.454. The number of aromatic nitrogens is 4. The molecule has 2 rings (SSSR count). The molecule has 0 saturated carbocycles. The first-order chi connectivity index (χ1) is 12.2. The standard InChI is InChI=1S/C16H22N6O2S/c1-3-5-8-18-15(24)19-13(23)11-25-16-21-20-14(22(16)4-2)12-6-9-17-10-7-12/h6-7,9-10H,3-5,8,11H2,1-2H3,(H2,18,19,23,24). The smallest absolute Gasteiger partial charge is 0.321 e. The average Bonchev–Trinajstić information content (AvgIpc) is 3.04. The van der Waals surface area contributed by atoms with Gasteiger partial charge in [-0.2, -0.15) is 0 Å². The molecule has 8 nitrogen and oxygen atoms in total. The molecule has 0 aromatic carbocycles. The van der Waals surface area contributed by atoms with Crippen molar-refractivity contribution in [2.24, 2.45) is 0 Å². The molecule has 134 valence electrons. The van der Waals surface area contributed by atoms with E-state index >= 15 is 0 Å². The van der Waals surface area contributed by atoms with Gasteiger partial charge < -0.3 is 9.88 Å². The zero-order valence-electron chi connectivity index (χ0n) is 14.4.